The van der Waals surface area contributed by atoms with E-state index in [1.165, 1.54) is 0 Å². The van der Waals surface area contributed by atoms with Crippen LogP contribution in [0, 0.1) is 0 Å². The molecule has 0 aliphatic rings. The van der Waals surface area contributed by atoms with E-state index in [2.05, 4.69) is 22.9 Å². The van der Waals surface area contributed by atoms with E-state index in [9.17, 15) is 8.78 Å². The first-order chi connectivity index (χ1) is 5.06. The van der Waals surface area contributed by atoms with Crippen LogP contribution in [0.2, 0.25) is 0 Å². The van der Waals surface area contributed by atoms with Crippen LogP contribution in [0.3, 0.4) is 0 Å². The molecule has 0 unspecified atom stereocenters. The standard InChI is InChI=1S/C8H15BrF2/c1-2-3-4-5-6-7-8(9,10)11/h2-7H2,1H3. The Morgan fingerprint density at radius 3 is 2.09 bits per heavy atom. The third-order valence-electron chi connectivity index (χ3n) is 1.56. The van der Waals surface area contributed by atoms with Gasteiger partial charge in [-0.05, 0) is 22.4 Å². The maximum atomic E-state index is 12.1. The zero-order valence-electron chi connectivity index (χ0n) is 6.88. The molecule has 0 aromatic heterocycles. The third-order valence-corrected chi connectivity index (χ3v) is 1.96. The van der Waals surface area contributed by atoms with Crippen molar-refractivity contribution in [2.24, 2.45) is 0 Å². The lowest BCUT2D eigenvalue weighted by molar-refractivity contribution is 0.101. The van der Waals surface area contributed by atoms with Crippen LogP contribution in [0.5, 0.6) is 0 Å². The highest BCUT2D eigenvalue weighted by Crippen LogP contribution is 2.28. The molecule has 0 aliphatic heterocycles. The van der Waals surface area contributed by atoms with Gasteiger partial charge in [-0.1, -0.05) is 32.6 Å². The van der Waals surface area contributed by atoms with E-state index in [1.807, 2.05) is 0 Å². The van der Waals surface area contributed by atoms with Crippen molar-refractivity contribution in [1.29, 1.82) is 0 Å². The van der Waals surface area contributed by atoms with Gasteiger partial charge < -0.3 is 0 Å². The van der Waals surface area contributed by atoms with E-state index in [4.69, 9.17) is 0 Å². The predicted molar refractivity (Wildman–Crippen MR) is 47.3 cm³/mol. The van der Waals surface area contributed by atoms with Crippen molar-refractivity contribution in [3.63, 3.8) is 0 Å². The minimum Gasteiger partial charge on any atom is -0.194 e. The van der Waals surface area contributed by atoms with Crippen LogP contribution in [0.1, 0.15) is 45.4 Å². The largest absolute Gasteiger partial charge is 0.301 e. The second-order valence-corrected chi connectivity index (χ2v) is 3.94. The molecule has 0 nitrogen and oxygen atoms in total. The average Bonchev–Trinajstić information content (AvgIpc) is 1.85. The number of unbranched alkanes of at least 4 members (excludes halogenated alkanes) is 4. The number of hydrogen-bond acceptors (Lipinski definition) is 0. The average molecular weight is 229 g/mol. The quantitative estimate of drug-likeness (QED) is 0.469. The molecule has 3 heteroatoms. The summed E-state index contributed by atoms with van der Waals surface area (Å²) in [4.78, 5) is -2.64. The van der Waals surface area contributed by atoms with E-state index in [1.54, 1.807) is 0 Å². The van der Waals surface area contributed by atoms with Crippen LogP contribution < -0.4 is 0 Å². The van der Waals surface area contributed by atoms with Gasteiger partial charge in [-0.3, -0.25) is 0 Å². The highest BCUT2D eigenvalue weighted by Gasteiger charge is 2.22. The Kier molecular flexibility index (Phi) is 6.11. The summed E-state index contributed by atoms with van der Waals surface area (Å²) in [5, 5.41) is 0. The minimum atomic E-state index is -2.64. The van der Waals surface area contributed by atoms with Crippen LogP contribution in [-0.4, -0.2) is 4.83 Å². The number of halogens is 3. The molecule has 0 aliphatic carbocycles. The first-order valence-corrected chi connectivity index (χ1v) is 4.92. The molecule has 0 rings (SSSR count). The summed E-state index contributed by atoms with van der Waals surface area (Å²) in [6, 6.07) is 0. The zero-order valence-corrected chi connectivity index (χ0v) is 8.46. The van der Waals surface area contributed by atoms with Crippen LogP contribution in [0.4, 0.5) is 8.78 Å². The molecule has 0 saturated heterocycles. The van der Waals surface area contributed by atoms with Gasteiger partial charge in [0.05, 0.1) is 0 Å². The fraction of sp³-hybridized carbons (Fsp3) is 1.00. The molecular formula is C8H15BrF2. The number of hydrogen-bond donors (Lipinski definition) is 0. The Labute approximate surface area is 75.5 Å². The molecule has 0 aromatic carbocycles. The van der Waals surface area contributed by atoms with Crippen molar-refractivity contribution in [2.75, 3.05) is 0 Å². The van der Waals surface area contributed by atoms with Crippen molar-refractivity contribution in [3.05, 3.63) is 0 Å². The van der Waals surface area contributed by atoms with Crippen LogP contribution in [0.25, 0.3) is 0 Å². The summed E-state index contributed by atoms with van der Waals surface area (Å²) >= 11 is 2.31. The second kappa shape index (κ2) is 5.92. The van der Waals surface area contributed by atoms with Crippen molar-refractivity contribution in [3.8, 4) is 0 Å². The van der Waals surface area contributed by atoms with Crippen molar-refractivity contribution < 1.29 is 8.78 Å². The summed E-state index contributed by atoms with van der Waals surface area (Å²) in [5.74, 6) is 0. The SMILES string of the molecule is CCCCCCCC(F)(F)Br. The van der Waals surface area contributed by atoms with Gasteiger partial charge in [-0.2, -0.15) is 8.78 Å². The normalized spacial score (nSPS) is 12.0. The highest BCUT2D eigenvalue weighted by molar-refractivity contribution is 9.09. The molecule has 0 bridgehead atoms. The number of rotatable bonds is 6. The molecule has 0 fully saturated rings. The topological polar surface area (TPSA) is 0 Å². The monoisotopic (exact) mass is 228 g/mol. The minimum absolute atomic E-state index is 0.0310. The van der Waals surface area contributed by atoms with Crippen LogP contribution >= 0.6 is 15.9 Å². The number of alkyl halides is 3. The van der Waals surface area contributed by atoms with Crippen LogP contribution in [-0.2, 0) is 0 Å². The molecule has 0 atom stereocenters. The van der Waals surface area contributed by atoms with Gasteiger partial charge >= 0.3 is 4.83 Å². The summed E-state index contributed by atoms with van der Waals surface area (Å²) in [6.45, 7) is 2.11. The summed E-state index contributed by atoms with van der Waals surface area (Å²) in [7, 11) is 0. The maximum Gasteiger partial charge on any atom is 0.301 e. The lowest BCUT2D eigenvalue weighted by atomic mass is 10.1. The fourth-order valence-electron chi connectivity index (χ4n) is 0.929. The van der Waals surface area contributed by atoms with Gasteiger partial charge in [-0.15, -0.1) is 0 Å². The first kappa shape index (κ1) is 11.3. The van der Waals surface area contributed by atoms with E-state index in [0.29, 0.717) is 6.42 Å². The molecule has 11 heavy (non-hydrogen) atoms. The van der Waals surface area contributed by atoms with Gasteiger partial charge in [0.2, 0.25) is 0 Å². The molecule has 0 spiro atoms. The van der Waals surface area contributed by atoms with Crippen LogP contribution in [0.15, 0.2) is 0 Å². The molecule has 0 radical (unpaired) electrons. The molecule has 0 N–H and O–H groups in total. The smallest absolute Gasteiger partial charge is 0.194 e. The fourth-order valence-corrected chi connectivity index (χ4v) is 1.21. The molecule has 0 aromatic rings. The van der Waals surface area contributed by atoms with E-state index < -0.39 is 4.83 Å². The van der Waals surface area contributed by atoms with Gasteiger partial charge in [0, 0.05) is 6.42 Å². The van der Waals surface area contributed by atoms with Crippen molar-refractivity contribution in [1.82, 2.24) is 0 Å². The molecule has 0 heterocycles. The predicted octanol–water partition coefficient (Wildman–Crippen LogP) is 4.33. The summed E-state index contributed by atoms with van der Waals surface area (Å²) in [5.41, 5.74) is 0. The Morgan fingerprint density at radius 1 is 1.09 bits per heavy atom. The summed E-state index contributed by atoms with van der Waals surface area (Å²) in [6.07, 6.45) is 4.92. The maximum absolute atomic E-state index is 12.1. The van der Waals surface area contributed by atoms with Gasteiger partial charge in [0.15, 0.2) is 0 Å². The van der Waals surface area contributed by atoms with E-state index in [-0.39, 0.29) is 6.42 Å². The molecule has 0 saturated carbocycles. The Balaban J connectivity index is 3.02. The molecular weight excluding hydrogens is 214 g/mol. The van der Waals surface area contributed by atoms with Gasteiger partial charge in [0.25, 0.3) is 0 Å². The highest BCUT2D eigenvalue weighted by atomic mass is 79.9. The Bertz CT molecular complexity index is 88.6. The van der Waals surface area contributed by atoms with Gasteiger partial charge in [-0.25, -0.2) is 0 Å². The second-order valence-electron chi connectivity index (χ2n) is 2.78. The van der Waals surface area contributed by atoms with E-state index in [0.717, 1.165) is 25.7 Å². The van der Waals surface area contributed by atoms with Gasteiger partial charge in [0.1, 0.15) is 0 Å². The van der Waals surface area contributed by atoms with E-state index >= 15 is 0 Å². The zero-order chi connectivity index (χ0) is 8.74. The Morgan fingerprint density at radius 2 is 1.64 bits per heavy atom. The van der Waals surface area contributed by atoms with Crippen molar-refractivity contribution in [2.45, 2.75) is 50.3 Å². The lowest BCUT2D eigenvalue weighted by Crippen LogP contribution is -2.03. The molecule has 0 amide bonds. The third kappa shape index (κ3) is 10.3. The Hall–Kier alpha value is 0.340. The first-order valence-electron chi connectivity index (χ1n) is 4.13. The molecule has 68 valence electrons. The van der Waals surface area contributed by atoms with Crippen molar-refractivity contribution >= 4 is 15.9 Å². The lowest BCUT2D eigenvalue weighted by Gasteiger charge is -2.06. The summed E-state index contributed by atoms with van der Waals surface area (Å²) < 4.78 is 24.3.